The van der Waals surface area contributed by atoms with E-state index in [0.29, 0.717) is 12.3 Å². The van der Waals surface area contributed by atoms with Gasteiger partial charge in [-0.15, -0.1) is 11.3 Å². The lowest BCUT2D eigenvalue weighted by molar-refractivity contribution is -0.131. The van der Waals surface area contributed by atoms with Gasteiger partial charge in [0.1, 0.15) is 5.75 Å². The van der Waals surface area contributed by atoms with Crippen LogP contribution in [0.5, 0.6) is 5.75 Å². The maximum absolute atomic E-state index is 12.6. The van der Waals surface area contributed by atoms with E-state index in [-0.39, 0.29) is 5.91 Å². The van der Waals surface area contributed by atoms with Crippen molar-refractivity contribution in [2.45, 2.75) is 25.2 Å². The predicted octanol–water partition coefficient (Wildman–Crippen LogP) is 4.19. The van der Waals surface area contributed by atoms with Crippen LogP contribution in [0.15, 0.2) is 41.8 Å². The molecule has 1 aromatic carbocycles. The van der Waals surface area contributed by atoms with E-state index in [1.807, 2.05) is 28.5 Å². The Morgan fingerprint density at radius 1 is 1.36 bits per heavy atom. The Balaban J connectivity index is 1.49. The van der Waals surface area contributed by atoms with Crippen LogP contribution in [-0.4, -0.2) is 36.0 Å². The number of benzene rings is 1. The number of methoxy groups -OCH3 is 1. The van der Waals surface area contributed by atoms with Gasteiger partial charge in [0, 0.05) is 40.5 Å². The zero-order valence-corrected chi connectivity index (χ0v) is 15.1. The average molecular weight is 354 g/mol. The summed E-state index contributed by atoms with van der Waals surface area (Å²) in [4.78, 5) is 19.3. The zero-order chi connectivity index (χ0) is 17.2. The lowest BCUT2D eigenvalue weighted by Gasteiger charge is -2.32. The van der Waals surface area contributed by atoms with Crippen LogP contribution in [-0.2, 0) is 11.2 Å². The monoisotopic (exact) mass is 354 g/mol. The Kier molecular flexibility index (Phi) is 4.49. The van der Waals surface area contributed by atoms with Crippen LogP contribution in [0.4, 0.5) is 0 Å². The number of nitrogens with zero attached hydrogens (tertiary/aromatic N) is 1. The SMILES string of the molecule is COc1ccc2[nH]c(C3CCCN(C(=O)Cc4cccs4)C3)cc2c1. The summed E-state index contributed by atoms with van der Waals surface area (Å²) in [5, 5.41) is 3.19. The number of H-pyrrole nitrogens is 1. The molecule has 1 saturated heterocycles. The number of thiophene rings is 1. The van der Waals surface area contributed by atoms with Crippen molar-refractivity contribution in [3.63, 3.8) is 0 Å². The topological polar surface area (TPSA) is 45.3 Å². The molecule has 1 fully saturated rings. The number of aromatic nitrogens is 1. The van der Waals surface area contributed by atoms with Crippen molar-refractivity contribution in [3.8, 4) is 5.75 Å². The number of likely N-dealkylation sites (tertiary alicyclic amines) is 1. The molecule has 25 heavy (non-hydrogen) atoms. The molecular weight excluding hydrogens is 332 g/mol. The van der Waals surface area contributed by atoms with Gasteiger partial charge in [-0.25, -0.2) is 0 Å². The molecule has 1 N–H and O–H groups in total. The third-order valence-corrected chi connectivity index (χ3v) is 5.84. The molecular formula is C20H22N2O2S. The number of aromatic amines is 1. The molecule has 0 bridgehead atoms. The number of carbonyl (C=O) groups excluding carboxylic acids is 1. The maximum Gasteiger partial charge on any atom is 0.227 e. The third kappa shape index (κ3) is 3.42. The standard InChI is InChI=1S/C20H22N2O2S/c1-24-16-6-7-18-15(10-16)11-19(21-18)14-4-2-8-22(13-14)20(23)12-17-5-3-9-25-17/h3,5-7,9-11,14,21H,2,4,8,12-13H2,1H3. The second-order valence-electron chi connectivity index (χ2n) is 6.61. The summed E-state index contributed by atoms with van der Waals surface area (Å²) in [6.45, 7) is 1.67. The van der Waals surface area contributed by atoms with Crippen LogP contribution in [0.2, 0.25) is 0 Å². The first-order valence-electron chi connectivity index (χ1n) is 8.70. The number of fused-ring (bicyclic) bond motifs is 1. The molecule has 130 valence electrons. The number of ether oxygens (including phenoxy) is 1. The van der Waals surface area contributed by atoms with Gasteiger partial charge in [-0.1, -0.05) is 6.07 Å². The molecule has 0 radical (unpaired) electrons. The van der Waals surface area contributed by atoms with E-state index in [1.165, 1.54) is 5.69 Å². The van der Waals surface area contributed by atoms with Gasteiger partial charge in [-0.2, -0.15) is 0 Å². The van der Waals surface area contributed by atoms with E-state index in [1.54, 1.807) is 18.4 Å². The number of nitrogens with one attached hydrogen (secondary N) is 1. The fourth-order valence-corrected chi connectivity index (χ4v) is 4.31. The van der Waals surface area contributed by atoms with E-state index < -0.39 is 0 Å². The average Bonchev–Trinajstić information content (AvgIpc) is 3.30. The smallest absolute Gasteiger partial charge is 0.227 e. The summed E-state index contributed by atoms with van der Waals surface area (Å²) in [6, 6.07) is 12.3. The normalized spacial score (nSPS) is 17.8. The van der Waals surface area contributed by atoms with Crippen LogP contribution in [0.1, 0.15) is 29.3 Å². The van der Waals surface area contributed by atoms with Gasteiger partial charge in [0.05, 0.1) is 13.5 Å². The number of piperidine rings is 1. The third-order valence-electron chi connectivity index (χ3n) is 4.97. The Morgan fingerprint density at radius 3 is 3.08 bits per heavy atom. The molecule has 1 unspecified atom stereocenters. The summed E-state index contributed by atoms with van der Waals surface area (Å²) >= 11 is 1.65. The van der Waals surface area contributed by atoms with Crippen LogP contribution >= 0.6 is 11.3 Å². The second kappa shape index (κ2) is 6.92. The van der Waals surface area contributed by atoms with Crippen molar-refractivity contribution in [2.24, 2.45) is 0 Å². The van der Waals surface area contributed by atoms with E-state index in [0.717, 1.165) is 47.5 Å². The van der Waals surface area contributed by atoms with Crippen molar-refractivity contribution in [3.05, 3.63) is 52.3 Å². The number of amides is 1. The molecule has 0 aliphatic carbocycles. The first-order chi connectivity index (χ1) is 12.2. The Bertz CT molecular complexity index is 869. The van der Waals surface area contributed by atoms with Gasteiger partial charge in [0.2, 0.25) is 5.91 Å². The minimum absolute atomic E-state index is 0.241. The number of hydrogen-bond donors (Lipinski definition) is 1. The van der Waals surface area contributed by atoms with Crippen LogP contribution in [0.3, 0.4) is 0 Å². The summed E-state index contributed by atoms with van der Waals surface area (Å²) in [7, 11) is 1.69. The maximum atomic E-state index is 12.6. The Labute approximate surface area is 151 Å². The largest absolute Gasteiger partial charge is 0.497 e. The quantitative estimate of drug-likeness (QED) is 0.764. The summed E-state index contributed by atoms with van der Waals surface area (Å²) in [5.41, 5.74) is 2.34. The van der Waals surface area contributed by atoms with Gasteiger partial charge >= 0.3 is 0 Å². The molecule has 4 rings (SSSR count). The van der Waals surface area contributed by atoms with E-state index in [4.69, 9.17) is 4.74 Å². The van der Waals surface area contributed by atoms with Gasteiger partial charge in [0.25, 0.3) is 0 Å². The van der Waals surface area contributed by atoms with Crippen LogP contribution in [0.25, 0.3) is 10.9 Å². The fourth-order valence-electron chi connectivity index (χ4n) is 3.61. The Hall–Kier alpha value is -2.27. The fraction of sp³-hybridized carbons (Fsp3) is 0.350. The molecule has 1 aliphatic heterocycles. The van der Waals surface area contributed by atoms with Crippen molar-refractivity contribution >= 4 is 28.1 Å². The minimum Gasteiger partial charge on any atom is -0.497 e. The first kappa shape index (κ1) is 16.2. The molecule has 3 heterocycles. The lowest BCUT2D eigenvalue weighted by Crippen LogP contribution is -2.39. The molecule has 0 spiro atoms. The highest BCUT2D eigenvalue weighted by molar-refractivity contribution is 7.10. The highest BCUT2D eigenvalue weighted by Gasteiger charge is 2.26. The molecule has 1 atom stereocenters. The predicted molar refractivity (Wildman–Crippen MR) is 101 cm³/mol. The van der Waals surface area contributed by atoms with E-state index in [2.05, 4.69) is 23.2 Å². The highest BCUT2D eigenvalue weighted by atomic mass is 32.1. The molecule has 5 heteroatoms. The number of rotatable bonds is 4. The number of carbonyl (C=O) groups is 1. The Morgan fingerprint density at radius 2 is 2.28 bits per heavy atom. The van der Waals surface area contributed by atoms with Crippen molar-refractivity contribution in [2.75, 3.05) is 20.2 Å². The van der Waals surface area contributed by atoms with Crippen molar-refractivity contribution in [1.29, 1.82) is 0 Å². The van der Waals surface area contributed by atoms with Gasteiger partial charge in [-0.05, 0) is 48.6 Å². The molecule has 4 nitrogen and oxygen atoms in total. The molecule has 3 aromatic rings. The van der Waals surface area contributed by atoms with Crippen molar-refractivity contribution < 1.29 is 9.53 Å². The van der Waals surface area contributed by atoms with E-state index >= 15 is 0 Å². The zero-order valence-electron chi connectivity index (χ0n) is 14.3. The van der Waals surface area contributed by atoms with Gasteiger partial charge in [0.15, 0.2) is 0 Å². The summed E-state index contributed by atoms with van der Waals surface area (Å²) in [6.07, 6.45) is 2.69. The molecule has 2 aromatic heterocycles. The first-order valence-corrected chi connectivity index (χ1v) is 9.58. The summed E-state index contributed by atoms with van der Waals surface area (Å²) < 4.78 is 5.31. The van der Waals surface area contributed by atoms with Crippen molar-refractivity contribution in [1.82, 2.24) is 9.88 Å². The van der Waals surface area contributed by atoms with E-state index in [9.17, 15) is 4.79 Å². The minimum atomic E-state index is 0.241. The highest BCUT2D eigenvalue weighted by Crippen LogP contribution is 2.30. The number of hydrogen-bond acceptors (Lipinski definition) is 3. The van der Waals surface area contributed by atoms with Crippen LogP contribution < -0.4 is 4.74 Å². The molecule has 1 aliphatic rings. The molecule has 0 saturated carbocycles. The van der Waals surface area contributed by atoms with Gasteiger partial charge in [-0.3, -0.25) is 4.79 Å². The summed E-state index contributed by atoms with van der Waals surface area (Å²) in [5.74, 6) is 1.49. The van der Waals surface area contributed by atoms with Crippen LogP contribution in [0, 0.1) is 0 Å². The molecule has 1 amide bonds. The lowest BCUT2D eigenvalue weighted by atomic mass is 9.94. The second-order valence-corrected chi connectivity index (χ2v) is 7.65. The van der Waals surface area contributed by atoms with Gasteiger partial charge < -0.3 is 14.6 Å².